The number of aromatic nitrogens is 2. The SMILES string of the molecule is CC1(C(=O)O)CCN(c2cc(S(=O)(=O)Nc3cc(-c4ccccc4C4CCC4)c(C(F)(F)F)cn3)ccn2)CC1. The zero-order valence-electron chi connectivity index (χ0n) is 21.8. The summed E-state index contributed by atoms with van der Waals surface area (Å²) >= 11 is 0. The van der Waals surface area contributed by atoms with Crippen molar-refractivity contribution in [2.45, 2.75) is 56.0 Å². The molecule has 2 N–H and O–H groups in total. The van der Waals surface area contributed by atoms with Crippen LogP contribution in [0.2, 0.25) is 0 Å². The summed E-state index contributed by atoms with van der Waals surface area (Å²) in [6, 6.07) is 10.7. The Morgan fingerprint density at radius 3 is 2.40 bits per heavy atom. The number of pyridine rings is 2. The molecule has 0 amide bonds. The molecular formula is C28H29F3N4O4S. The predicted octanol–water partition coefficient (Wildman–Crippen LogP) is 5.92. The number of hydrogen-bond acceptors (Lipinski definition) is 6. The van der Waals surface area contributed by atoms with E-state index in [0.29, 0.717) is 43.5 Å². The highest BCUT2D eigenvalue weighted by atomic mass is 32.2. The first-order chi connectivity index (χ1) is 18.9. The zero-order chi connectivity index (χ0) is 28.7. The Hall–Kier alpha value is -3.67. The summed E-state index contributed by atoms with van der Waals surface area (Å²) in [6.45, 7) is 2.45. The van der Waals surface area contributed by atoms with E-state index in [4.69, 9.17) is 0 Å². The molecule has 8 nitrogen and oxygen atoms in total. The maximum Gasteiger partial charge on any atom is 0.418 e. The predicted molar refractivity (Wildman–Crippen MR) is 144 cm³/mol. The van der Waals surface area contributed by atoms with Crippen LogP contribution in [0.5, 0.6) is 0 Å². The van der Waals surface area contributed by atoms with E-state index in [-0.39, 0.29) is 22.2 Å². The van der Waals surface area contributed by atoms with Gasteiger partial charge in [-0.15, -0.1) is 0 Å². The van der Waals surface area contributed by atoms with E-state index in [1.54, 1.807) is 25.1 Å². The smallest absolute Gasteiger partial charge is 0.418 e. The second-order valence-corrected chi connectivity index (χ2v) is 12.3. The summed E-state index contributed by atoms with van der Waals surface area (Å²) in [6.07, 6.45) is 0.846. The second kappa shape index (κ2) is 10.4. The third-order valence-electron chi connectivity index (χ3n) is 7.98. The summed E-state index contributed by atoms with van der Waals surface area (Å²) in [4.78, 5) is 21.3. The van der Waals surface area contributed by atoms with Gasteiger partial charge in [-0.2, -0.15) is 13.2 Å². The molecule has 0 atom stereocenters. The van der Waals surface area contributed by atoms with Crippen LogP contribution in [-0.2, 0) is 21.0 Å². The van der Waals surface area contributed by atoms with Crippen LogP contribution in [-0.4, -0.2) is 42.6 Å². The number of carboxylic acids is 1. The highest BCUT2D eigenvalue weighted by Crippen LogP contribution is 2.45. The number of hydrogen-bond donors (Lipinski definition) is 2. The molecule has 2 fully saturated rings. The van der Waals surface area contributed by atoms with Gasteiger partial charge in [-0.3, -0.25) is 9.52 Å². The minimum absolute atomic E-state index is 0.132. The van der Waals surface area contributed by atoms with Crippen LogP contribution in [0.1, 0.15) is 56.1 Å². The molecule has 1 saturated heterocycles. The van der Waals surface area contributed by atoms with E-state index < -0.39 is 33.1 Å². The summed E-state index contributed by atoms with van der Waals surface area (Å²) < 4.78 is 70.9. The maximum atomic E-state index is 14.0. The number of anilines is 2. The van der Waals surface area contributed by atoms with Crippen molar-refractivity contribution in [2.75, 3.05) is 22.7 Å². The maximum absolute atomic E-state index is 14.0. The molecular weight excluding hydrogens is 545 g/mol. The Bertz CT molecular complexity index is 1530. The summed E-state index contributed by atoms with van der Waals surface area (Å²) in [5, 5.41) is 9.47. The van der Waals surface area contributed by atoms with E-state index >= 15 is 0 Å². The molecule has 1 aliphatic carbocycles. The first-order valence-corrected chi connectivity index (χ1v) is 14.5. The standard InChI is InChI=1S/C28H29F3N4O4S/c1-27(26(36)37)10-13-35(14-11-27)25-15-19(9-12-32-25)40(38,39)34-24-16-22(23(17-33-24)28(29,30)31)21-8-3-2-7-20(21)18-5-4-6-18/h2-3,7-9,12,15-18H,4-6,10-11,13-14H2,1H3,(H,33,34)(H,36,37). The van der Waals surface area contributed by atoms with Crippen LogP contribution in [0.4, 0.5) is 24.8 Å². The zero-order valence-corrected chi connectivity index (χ0v) is 22.6. The van der Waals surface area contributed by atoms with Gasteiger partial charge in [-0.25, -0.2) is 18.4 Å². The molecule has 0 bridgehead atoms. The summed E-state index contributed by atoms with van der Waals surface area (Å²) in [7, 11) is -4.23. The lowest BCUT2D eigenvalue weighted by atomic mass is 9.77. The first kappa shape index (κ1) is 27.9. The number of halogens is 3. The van der Waals surface area contributed by atoms with Crippen molar-refractivity contribution in [2.24, 2.45) is 5.41 Å². The van der Waals surface area contributed by atoms with Gasteiger partial charge in [0.05, 0.1) is 15.9 Å². The Kier molecular flexibility index (Phi) is 7.24. The Morgan fingerprint density at radius 1 is 1.07 bits per heavy atom. The van der Waals surface area contributed by atoms with Gasteiger partial charge in [0.2, 0.25) is 0 Å². The van der Waals surface area contributed by atoms with E-state index in [9.17, 15) is 31.5 Å². The van der Waals surface area contributed by atoms with Gasteiger partial charge in [0, 0.05) is 31.5 Å². The van der Waals surface area contributed by atoms with Gasteiger partial charge >= 0.3 is 12.1 Å². The number of benzene rings is 1. The Morgan fingerprint density at radius 2 is 1.77 bits per heavy atom. The minimum Gasteiger partial charge on any atom is -0.481 e. The summed E-state index contributed by atoms with van der Waals surface area (Å²) in [5.74, 6) is -0.589. The Labute approximate surface area is 230 Å². The topological polar surface area (TPSA) is 112 Å². The molecule has 12 heteroatoms. The Balaban J connectivity index is 1.44. The van der Waals surface area contributed by atoms with Crippen molar-refractivity contribution in [3.8, 4) is 11.1 Å². The first-order valence-electron chi connectivity index (χ1n) is 13.0. The van der Waals surface area contributed by atoms with Crippen molar-refractivity contribution >= 4 is 27.6 Å². The molecule has 0 unspecified atom stereocenters. The molecule has 212 valence electrons. The van der Waals surface area contributed by atoms with Gasteiger partial charge in [-0.1, -0.05) is 30.7 Å². The quantitative estimate of drug-likeness (QED) is 0.360. The van der Waals surface area contributed by atoms with Gasteiger partial charge in [0.1, 0.15) is 11.6 Å². The summed E-state index contributed by atoms with van der Waals surface area (Å²) in [5.41, 5.74) is -0.712. The number of aliphatic carboxylic acids is 1. The molecule has 5 rings (SSSR count). The number of carbonyl (C=O) groups is 1. The van der Waals surface area contributed by atoms with Crippen LogP contribution in [0.3, 0.4) is 0 Å². The number of carboxylic acid groups (broad SMARTS) is 1. The molecule has 0 radical (unpaired) electrons. The lowest BCUT2D eigenvalue weighted by Crippen LogP contribution is -2.43. The number of nitrogens with zero attached hydrogens (tertiary/aromatic N) is 3. The van der Waals surface area contributed by atoms with E-state index in [1.807, 2.05) is 11.0 Å². The number of nitrogens with one attached hydrogen (secondary N) is 1. The van der Waals surface area contributed by atoms with Crippen LogP contribution in [0, 0.1) is 5.41 Å². The molecule has 0 spiro atoms. The molecule has 3 heterocycles. The van der Waals surface area contributed by atoms with Crippen LogP contribution in [0.15, 0.2) is 59.8 Å². The van der Waals surface area contributed by atoms with Crippen LogP contribution < -0.4 is 9.62 Å². The van der Waals surface area contributed by atoms with Crippen molar-refractivity contribution in [3.63, 3.8) is 0 Å². The van der Waals surface area contributed by atoms with Crippen molar-refractivity contribution in [3.05, 3.63) is 66.0 Å². The van der Waals surface area contributed by atoms with Crippen LogP contribution in [0.25, 0.3) is 11.1 Å². The fourth-order valence-electron chi connectivity index (χ4n) is 5.16. The van der Waals surface area contributed by atoms with E-state index in [0.717, 1.165) is 30.9 Å². The van der Waals surface area contributed by atoms with E-state index in [1.165, 1.54) is 18.3 Å². The lowest BCUT2D eigenvalue weighted by molar-refractivity contribution is -0.149. The highest BCUT2D eigenvalue weighted by Gasteiger charge is 2.38. The molecule has 40 heavy (non-hydrogen) atoms. The number of piperidine rings is 1. The minimum atomic E-state index is -4.68. The second-order valence-electron chi connectivity index (χ2n) is 10.6. The number of sulfonamides is 1. The molecule has 1 saturated carbocycles. The average molecular weight is 575 g/mol. The molecule has 3 aromatic rings. The highest BCUT2D eigenvalue weighted by molar-refractivity contribution is 7.92. The average Bonchev–Trinajstić information content (AvgIpc) is 2.87. The molecule has 1 aromatic carbocycles. The van der Waals surface area contributed by atoms with Crippen molar-refractivity contribution in [1.29, 1.82) is 0 Å². The van der Waals surface area contributed by atoms with Gasteiger partial charge in [0.15, 0.2) is 0 Å². The van der Waals surface area contributed by atoms with Crippen LogP contribution >= 0.6 is 0 Å². The third kappa shape index (κ3) is 5.49. The molecule has 2 aliphatic rings. The van der Waals surface area contributed by atoms with Gasteiger partial charge in [-0.05, 0) is 67.3 Å². The fraction of sp³-hybridized carbons (Fsp3) is 0.393. The third-order valence-corrected chi connectivity index (χ3v) is 9.33. The van der Waals surface area contributed by atoms with Crippen molar-refractivity contribution < 1.29 is 31.5 Å². The largest absolute Gasteiger partial charge is 0.481 e. The normalized spacial score (nSPS) is 17.8. The van der Waals surface area contributed by atoms with Crippen molar-refractivity contribution in [1.82, 2.24) is 9.97 Å². The number of rotatable bonds is 7. The van der Waals surface area contributed by atoms with Gasteiger partial charge in [0.25, 0.3) is 10.0 Å². The molecule has 2 aromatic heterocycles. The van der Waals surface area contributed by atoms with E-state index in [2.05, 4.69) is 14.7 Å². The number of alkyl halides is 3. The lowest BCUT2D eigenvalue weighted by Gasteiger charge is -2.37. The van der Waals surface area contributed by atoms with Gasteiger partial charge < -0.3 is 10.0 Å². The molecule has 1 aliphatic heterocycles. The monoisotopic (exact) mass is 574 g/mol. The fourth-order valence-corrected chi connectivity index (χ4v) is 6.16.